The Morgan fingerprint density at radius 1 is 1.50 bits per heavy atom. The monoisotopic (exact) mass is 202 g/mol. The lowest BCUT2D eigenvalue weighted by molar-refractivity contribution is -0.144. The number of aliphatic carboxylic acids is 1. The topological polar surface area (TPSA) is 83.6 Å². The van der Waals surface area contributed by atoms with Gasteiger partial charge in [0.2, 0.25) is 5.91 Å². The van der Waals surface area contributed by atoms with Crippen molar-refractivity contribution in [2.75, 3.05) is 13.6 Å². The highest BCUT2D eigenvalue weighted by atomic mass is 16.4. The minimum atomic E-state index is -1.02. The normalized spacial score (nSPS) is 12.2. The van der Waals surface area contributed by atoms with Crippen LogP contribution in [0.15, 0.2) is 0 Å². The predicted octanol–water partition coefficient (Wildman–Crippen LogP) is 0.0469. The largest absolute Gasteiger partial charge is 0.480 e. The van der Waals surface area contributed by atoms with Crippen LogP contribution in [0.5, 0.6) is 0 Å². The van der Waals surface area contributed by atoms with E-state index in [-0.39, 0.29) is 12.5 Å². The van der Waals surface area contributed by atoms with Crippen molar-refractivity contribution in [3.05, 3.63) is 0 Å². The number of nitrogens with zero attached hydrogens (tertiary/aromatic N) is 1. The van der Waals surface area contributed by atoms with E-state index in [1.165, 1.54) is 7.05 Å². The van der Waals surface area contributed by atoms with Gasteiger partial charge in [0, 0.05) is 7.05 Å². The highest BCUT2D eigenvalue weighted by Gasteiger charge is 2.18. The fourth-order valence-corrected chi connectivity index (χ4v) is 1.11. The standard InChI is InChI=1S/C9H18N2O3/c1-3-4-5-7(10)9(14)11(2)6-8(12)13/h7H,3-6,10H2,1-2H3,(H,12,13). The molecule has 0 aromatic heterocycles. The molecule has 3 N–H and O–H groups in total. The van der Waals surface area contributed by atoms with Gasteiger partial charge in [-0.1, -0.05) is 19.8 Å². The maximum absolute atomic E-state index is 11.4. The summed E-state index contributed by atoms with van der Waals surface area (Å²) in [5.41, 5.74) is 5.60. The fourth-order valence-electron chi connectivity index (χ4n) is 1.11. The van der Waals surface area contributed by atoms with Gasteiger partial charge in [-0.05, 0) is 6.42 Å². The van der Waals surface area contributed by atoms with Crippen molar-refractivity contribution in [1.82, 2.24) is 4.90 Å². The van der Waals surface area contributed by atoms with E-state index in [4.69, 9.17) is 10.8 Å². The first-order valence-corrected chi connectivity index (χ1v) is 4.71. The van der Waals surface area contributed by atoms with Crippen LogP contribution in [0.25, 0.3) is 0 Å². The summed E-state index contributed by atoms with van der Waals surface area (Å²) in [6, 6.07) is -0.570. The number of hydrogen-bond acceptors (Lipinski definition) is 3. The number of carbonyl (C=O) groups is 2. The van der Waals surface area contributed by atoms with E-state index in [0.717, 1.165) is 17.7 Å². The first-order chi connectivity index (χ1) is 6.49. The third kappa shape index (κ3) is 4.81. The molecule has 1 amide bonds. The van der Waals surface area contributed by atoms with Gasteiger partial charge in [0.05, 0.1) is 6.04 Å². The van der Waals surface area contributed by atoms with Crippen molar-refractivity contribution in [2.45, 2.75) is 32.2 Å². The highest BCUT2D eigenvalue weighted by molar-refractivity contribution is 5.84. The first kappa shape index (κ1) is 12.9. The van der Waals surface area contributed by atoms with Gasteiger partial charge in [-0.2, -0.15) is 0 Å². The molecular weight excluding hydrogens is 184 g/mol. The summed E-state index contributed by atoms with van der Waals surface area (Å²) >= 11 is 0. The van der Waals surface area contributed by atoms with Gasteiger partial charge in [0.15, 0.2) is 0 Å². The zero-order chi connectivity index (χ0) is 11.1. The molecular formula is C9H18N2O3. The van der Waals surface area contributed by atoms with Gasteiger partial charge in [0.1, 0.15) is 6.54 Å². The smallest absolute Gasteiger partial charge is 0.323 e. The van der Waals surface area contributed by atoms with Crippen LogP contribution in [0.4, 0.5) is 0 Å². The zero-order valence-electron chi connectivity index (χ0n) is 8.69. The quantitative estimate of drug-likeness (QED) is 0.637. The zero-order valence-corrected chi connectivity index (χ0v) is 8.69. The second kappa shape index (κ2) is 6.37. The van der Waals surface area contributed by atoms with Gasteiger partial charge >= 0.3 is 5.97 Å². The third-order valence-electron chi connectivity index (χ3n) is 1.93. The molecule has 5 heteroatoms. The number of hydrogen-bond donors (Lipinski definition) is 2. The molecule has 0 aromatic carbocycles. The molecule has 0 rings (SSSR count). The first-order valence-electron chi connectivity index (χ1n) is 4.71. The summed E-state index contributed by atoms with van der Waals surface area (Å²) in [6.45, 7) is 1.72. The average molecular weight is 202 g/mol. The summed E-state index contributed by atoms with van der Waals surface area (Å²) in [4.78, 5) is 22.9. The lowest BCUT2D eigenvalue weighted by Gasteiger charge is -2.19. The molecule has 0 spiro atoms. The molecule has 0 heterocycles. The maximum Gasteiger partial charge on any atom is 0.323 e. The average Bonchev–Trinajstić information content (AvgIpc) is 2.11. The van der Waals surface area contributed by atoms with E-state index >= 15 is 0 Å². The number of carboxylic acids is 1. The molecule has 82 valence electrons. The third-order valence-corrected chi connectivity index (χ3v) is 1.93. The Morgan fingerprint density at radius 3 is 2.50 bits per heavy atom. The summed E-state index contributed by atoms with van der Waals surface area (Å²) in [6.07, 6.45) is 2.47. The second-order valence-electron chi connectivity index (χ2n) is 3.34. The number of unbranched alkanes of at least 4 members (excludes halogenated alkanes) is 1. The summed E-state index contributed by atoms with van der Waals surface area (Å²) in [5, 5.41) is 8.46. The molecule has 14 heavy (non-hydrogen) atoms. The van der Waals surface area contributed by atoms with Crippen LogP contribution in [-0.2, 0) is 9.59 Å². The molecule has 0 aliphatic heterocycles. The van der Waals surface area contributed by atoms with Crippen LogP contribution in [0.2, 0.25) is 0 Å². The van der Waals surface area contributed by atoms with Crippen LogP contribution in [0.3, 0.4) is 0 Å². The fraction of sp³-hybridized carbons (Fsp3) is 0.778. The Labute approximate surface area is 83.9 Å². The van der Waals surface area contributed by atoms with E-state index in [1.807, 2.05) is 6.92 Å². The van der Waals surface area contributed by atoms with Crippen LogP contribution in [0, 0.1) is 0 Å². The minimum Gasteiger partial charge on any atom is -0.480 e. The van der Waals surface area contributed by atoms with Crippen molar-refractivity contribution in [2.24, 2.45) is 5.73 Å². The summed E-state index contributed by atoms with van der Waals surface area (Å²) < 4.78 is 0. The van der Waals surface area contributed by atoms with E-state index < -0.39 is 12.0 Å². The van der Waals surface area contributed by atoms with Crippen molar-refractivity contribution >= 4 is 11.9 Å². The van der Waals surface area contributed by atoms with E-state index in [9.17, 15) is 9.59 Å². The van der Waals surface area contributed by atoms with Gasteiger partial charge in [0.25, 0.3) is 0 Å². The Balaban J connectivity index is 3.97. The van der Waals surface area contributed by atoms with Gasteiger partial charge in [-0.25, -0.2) is 0 Å². The van der Waals surface area contributed by atoms with Gasteiger partial charge in [-0.15, -0.1) is 0 Å². The molecule has 0 saturated carbocycles. The molecule has 0 fully saturated rings. The highest BCUT2D eigenvalue weighted by Crippen LogP contribution is 2.01. The van der Waals surface area contributed by atoms with Crippen LogP contribution >= 0.6 is 0 Å². The van der Waals surface area contributed by atoms with Crippen LogP contribution in [0.1, 0.15) is 26.2 Å². The molecule has 5 nitrogen and oxygen atoms in total. The molecule has 1 unspecified atom stereocenters. The molecule has 0 bridgehead atoms. The Hall–Kier alpha value is -1.10. The molecule has 0 aromatic rings. The second-order valence-corrected chi connectivity index (χ2v) is 3.34. The number of carbonyl (C=O) groups excluding carboxylic acids is 1. The van der Waals surface area contributed by atoms with Crippen molar-refractivity contribution < 1.29 is 14.7 Å². The van der Waals surface area contributed by atoms with E-state index in [1.54, 1.807) is 0 Å². The molecule has 0 aliphatic rings. The molecule has 1 atom stereocenters. The number of carboxylic acid groups (broad SMARTS) is 1. The maximum atomic E-state index is 11.4. The Bertz CT molecular complexity index is 206. The number of nitrogens with two attached hydrogens (primary N) is 1. The Morgan fingerprint density at radius 2 is 2.07 bits per heavy atom. The number of rotatable bonds is 6. The number of likely N-dealkylation sites (N-methyl/N-ethyl adjacent to an activating group) is 1. The SMILES string of the molecule is CCCCC(N)C(=O)N(C)CC(=O)O. The van der Waals surface area contributed by atoms with Crippen LogP contribution < -0.4 is 5.73 Å². The minimum absolute atomic E-state index is 0.293. The summed E-state index contributed by atoms with van der Waals surface area (Å²) in [5.74, 6) is -1.33. The molecule has 0 aliphatic carbocycles. The van der Waals surface area contributed by atoms with Crippen molar-refractivity contribution in [3.63, 3.8) is 0 Å². The molecule has 0 saturated heterocycles. The van der Waals surface area contributed by atoms with Crippen molar-refractivity contribution in [1.29, 1.82) is 0 Å². The van der Waals surface area contributed by atoms with Crippen LogP contribution in [-0.4, -0.2) is 41.5 Å². The predicted molar refractivity (Wildman–Crippen MR) is 52.8 cm³/mol. The lowest BCUT2D eigenvalue weighted by atomic mass is 10.1. The van der Waals surface area contributed by atoms with Crippen molar-refractivity contribution in [3.8, 4) is 0 Å². The Kier molecular flexibility index (Phi) is 5.87. The van der Waals surface area contributed by atoms with Gasteiger partial charge in [-0.3, -0.25) is 9.59 Å². The lowest BCUT2D eigenvalue weighted by Crippen LogP contribution is -2.43. The van der Waals surface area contributed by atoms with E-state index in [2.05, 4.69) is 0 Å². The summed E-state index contributed by atoms with van der Waals surface area (Å²) in [7, 11) is 1.45. The van der Waals surface area contributed by atoms with E-state index in [0.29, 0.717) is 6.42 Å². The molecule has 0 radical (unpaired) electrons. The van der Waals surface area contributed by atoms with Gasteiger partial charge < -0.3 is 15.7 Å². The number of amides is 1.